The molecule has 0 bridgehead atoms. The molecular weight excluding hydrogens is 312 g/mol. The van der Waals surface area contributed by atoms with Crippen molar-refractivity contribution in [2.24, 2.45) is 10.9 Å². The zero-order valence-electron chi connectivity index (χ0n) is 14.2. The Hall–Kier alpha value is -1.75. The van der Waals surface area contributed by atoms with Crippen LogP contribution in [0.15, 0.2) is 29.3 Å². The Morgan fingerprint density at radius 1 is 1.09 bits per heavy atom. The Balaban J connectivity index is 2.19. The van der Waals surface area contributed by atoms with Crippen molar-refractivity contribution in [1.82, 2.24) is 16.0 Å². The second-order valence-electron chi connectivity index (χ2n) is 5.72. The van der Waals surface area contributed by atoms with Gasteiger partial charge in [0.2, 0.25) is 0 Å². The highest BCUT2D eigenvalue weighted by molar-refractivity contribution is 6.30. The molecule has 23 heavy (non-hydrogen) atoms. The van der Waals surface area contributed by atoms with Gasteiger partial charge in [-0.15, -0.1) is 0 Å². The van der Waals surface area contributed by atoms with Crippen LogP contribution >= 0.6 is 11.6 Å². The molecule has 6 heteroatoms. The first kappa shape index (κ1) is 19.3. The van der Waals surface area contributed by atoms with Crippen LogP contribution in [0.1, 0.15) is 37.0 Å². The molecule has 0 aliphatic rings. The average molecular weight is 339 g/mol. The molecule has 0 aliphatic heterocycles. The fourth-order valence-corrected chi connectivity index (χ4v) is 2.12. The quantitative estimate of drug-likeness (QED) is 0.388. The van der Waals surface area contributed by atoms with Gasteiger partial charge in [0.05, 0.1) is 0 Å². The number of carbonyl (C=O) groups is 1. The molecule has 0 unspecified atom stereocenters. The number of benzene rings is 1. The third-order valence-electron chi connectivity index (χ3n) is 3.28. The lowest BCUT2D eigenvalue weighted by Gasteiger charge is -2.13. The summed E-state index contributed by atoms with van der Waals surface area (Å²) in [5.74, 6) is 1.37. The van der Waals surface area contributed by atoms with Crippen LogP contribution in [-0.4, -0.2) is 38.5 Å². The van der Waals surface area contributed by atoms with Gasteiger partial charge in [0.25, 0.3) is 5.91 Å². The second kappa shape index (κ2) is 10.9. The molecule has 0 radical (unpaired) electrons. The maximum Gasteiger partial charge on any atom is 0.251 e. The predicted octanol–water partition coefficient (Wildman–Crippen LogP) is 2.67. The van der Waals surface area contributed by atoms with E-state index in [2.05, 4.69) is 34.8 Å². The number of rotatable bonds is 8. The number of amides is 1. The minimum absolute atomic E-state index is 0.108. The summed E-state index contributed by atoms with van der Waals surface area (Å²) in [7, 11) is 1.74. The minimum Gasteiger partial charge on any atom is -0.356 e. The Morgan fingerprint density at radius 3 is 2.30 bits per heavy atom. The normalized spacial score (nSPS) is 11.4. The SMILES string of the molecule is CN=C(NCCCC(C)C)NCCNC(=O)c1ccc(Cl)cc1. The van der Waals surface area contributed by atoms with Crippen molar-refractivity contribution in [1.29, 1.82) is 0 Å². The van der Waals surface area contributed by atoms with Gasteiger partial charge >= 0.3 is 0 Å². The Kier molecular flexibility index (Phi) is 9.14. The van der Waals surface area contributed by atoms with Crippen LogP contribution in [0.5, 0.6) is 0 Å². The molecule has 128 valence electrons. The van der Waals surface area contributed by atoms with Crippen molar-refractivity contribution < 1.29 is 4.79 Å². The van der Waals surface area contributed by atoms with E-state index in [-0.39, 0.29) is 5.91 Å². The average Bonchev–Trinajstić information content (AvgIpc) is 2.53. The molecule has 0 saturated heterocycles. The van der Waals surface area contributed by atoms with Crippen molar-refractivity contribution in [3.8, 4) is 0 Å². The first-order valence-corrected chi connectivity index (χ1v) is 8.39. The number of hydrogen-bond acceptors (Lipinski definition) is 2. The van der Waals surface area contributed by atoms with Gasteiger partial charge in [0.1, 0.15) is 0 Å². The largest absolute Gasteiger partial charge is 0.356 e. The first-order chi connectivity index (χ1) is 11.0. The third kappa shape index (κ3) is 8.45. The number of nitrogens with zero attached hydrogens (tertiary/aromatic N) is 1. The first-order valence-electron chi connectivity index (χ1n) is 8.01. The maximum atomic E-state index is 11.9. The van der Waals surface area contributed by atoms with Crippen molar-refractivity contribution >= 4 is 23.5 Å². The predicted molar refractivity (Wildman–Crippen MR) is 97.2 cm³/mol. The Bertz CT molecular complexity index is 500. The zero-order chi connectivity index (χ0) is 17.1. The second-order valence-corrected chi connectivity index (χ2v) is 6.16. The number of nitrogens with one attached hydrogen (secondary N) is 3. The van der Waals surface area contributed by atoms with E-state index in [9.17, 15) is 4.79 Å². The summed E-state index contributed by atoms with van der Waals surface area (Å²) >= 11 is 5.80. The molecule has 0 atom stereocenters. The molecular formula is C17H27ClN4O. The summed E-state index contributed by atoms with van der Waals surface area (Å²) < 4.78 is 0. The molecule has 1 rings (SSSR count). The molecule has 0 spiro atoms. The van der Waals surface area contributed by atoms with E-state index in [0.29, 0.717) is 23.7 Å². The van der Waals surface area contributed by atoms with E-state index in [1.165, 1.54) is 6.42 Å². The number of carbonyl (C=O) groups excluding carboxylic acids is 1. The van der Waals surface area contributed by atoms with E-state index in [1.807, 2.05) is 0 Å². The van der Waals surface area contributed by atoms with E-state index < -0.39 is 0 Å². The smallest absolute Gasteiger partial charge is 0.251 e. The molecule has 3 N–H and O–H groups in total. The number of hydrogen-bond donors (Lipinski definition) is 3. The van der Waals surface area contributed by atoms with Gasteiger partial charge in [-0.05, 0) is 43.0 Å². The standard InChI is InChI=1S/C17H27ClN4O/c1-13(2)5-4-10-21-17(19-3)22-12-11-20-16(23)14-6-8-15(18)9-7-14/h6-9,13H,4-5,10-12H2,1-3H3,(H,20,23)(H2,19,21,22). The molecule has 0 fully saturated rings. The maximum absolute atomic E-state index is 11.9. The topological polar surface area (TPSA) is 65.5 Å². The van der Waals surface area contributed by atoms with Gasteiger partial charge in [-0.3, -0.25) is 9.79 Å². The summed E-state index contributed by atoms with van der Waals surface area (Å²) in [6, 6.07) is 6.83. The lowest BCUT2D eigenvalue weighted by molar-refractivity contribution is 0.0954. The number of halogens is 1. The van der Waals surface area contributed by atoms with Crippen LogP contribution in [0, 0.1) is 5.92 Å². The molecule has 0 heterocycles. The molecule has 0 aromatic heterocycles. The van der Waals surface area contributed by atoms with Gasteiger partial charge in [0, 0.05) is 37.3 Å². The fraction of sp³-hybridized carbons (Fsp3) is 0.529. The Labute approximate surface area is 143 Å². The van der Waals surface area contributed by atoms with Gasteiger partial charge in [0.15, 0.2) is 5.96 Å². The van der Waals surface area contributed by atoms with Gasteiger partial charge < -0.3 is 16.0 Å². The van der Waals surface area contributed by atoms with Crippen LogP contribution in [-0.2, 0) is 0 Å². The summed E-state index contributed by atoms with van der Waals surface area (Å²) in [5.41, 5.74) is 0.602. The number of guanidine groups is 1. The zero-order valence-corrected chi connectivity index (χ0v) is 14.9. The van der Waals surface area contributed by atoms with Crippen molar-refractivity contribution in [2.75, 3.05) is 26.7 Å². The highest BCUT2D eigenvalue weighted by Gasteiger charge is 2.04. The molecule has 5 nitrogen and oxygen atoms in total. The van der Waals surface area contributed by atoms with Crippen LogP contribution < -0.4 is 16.0 Å². The number of aliphatic imine (C=N–C) groups is 1. The molecule has 1 aromatic carbocycles. The third-order valence-corrected chi connectivity index (χ3v) is 3.54. The van der Waals surface area contributed by atoms with E-state index in [1.54, 1.807) is 31.3 Å². The highest BCUT2D eigenvalue weighted by Crippen LogP contribution is 2.09. The van der Waals surface area contributed by atoms with Gasteiger partial charge in [-0.25, -0.2) is 0 Å². The van der Waals surface area contributed by atoms with Crippen molar-refractivity contribution in [3.05, 3.63) is 34.9 Å². The fourth-order valence-electron chi connectivity index (χ4n) is 2.00. The molecule has 1 amide bonds. The van der Waals surface area contributed by atoms with E-state index in [4.69, 9.17) is 11.6 Å². The van der Waals surface area contributed by atoms with Gasteiger partial charge in [-0.2, -0.15) is 0 Å². The van der Waals surface area contributed by atoms with Crippen LogP contribution in [0.25, 0.3) is 0 Å². The summed E-state index contributed by atoms with van der Waals surface area (Å²) in [6.45, 7) is 6.47. The van der Waals surface area contributed by atoms with Crippen LogP contribution in [0.3, 0.4) is 0 Å². The van der Waals surface area contributed by atoms with Crippen LogP contribution in [0.2, 0.25) is 5.02 Å². The minimum atomic E-state index is -0.108. The summed E-state index contributed by atoms with van der Waals surface area (Å²) in [4.78, 5) is 16.1. The summed E-state index contributed by atoms with van der Waals surface area (Å²) in [6.07, 6.45) is 2.31. The van der Waals surface area contributed by atoms with E-state index in [0.717, 1.165) is 24.8 Å². The summed E-state index contributed by atoms with van der Waals surface area (Å²) in [5, 5.41) is 9.91. The van der Waals surface area contributed by atoms with Gasteiger partial charge in [-0.1, -0.05) is 25.4 Å². The monoisotopic (exact) mass is 338 g/mol. The highest BCUT2D eigenvalue weighted by atomic mass is 35.5. The Morgan fingerprint density at radius 2 is 1.70 bits per heavy atom. The molecule has 0 saturated carbocycles. The molecule has 0 aliphatic carbocycles. The molecule has 1 aromatic rings. The van der Waals surface area contributed by atoms with Crippen molar-refractivity contribution in [2.45, 2.75) is 26.7 Å². The van der Waals surface area contributed by atoms with E-state index >= 15 is 0 Å². The lowest BCUT2D eigenvalue weighted by Crippen LogP contribution is -2.41. The van der Waals surface area contributed by atoms with Crippen LogP contribution in [0.4, 0.5) is 0 Å². The van der Waals surface area contributed by atoms with Crippen molar-refractivity contribution in [3.63, 3.8) is 0 Å². The lowest BCUT2D eigenvalue weighted by atomic mass is 10.1.